The number of nitrogens with zero attached hydrogens (tertiary/aromatic N) is 4. The molecule has 0 radical (unpaired) electrons. The molecule has 0 aliphatic carbocycles. The summed E-state index contributed by atoms with van der Waals surface area (Å²) in [6, 6.07) is 0.802. The van der Waals surface area contributed by atoms with Crippen molar-refractivity contribution in [1.82, 2.24) is 25.1 Å². The van der Waals surface area contributed by atoms with E-state index in [0.717, 1.165) is 17.7 Å². The van der Waals surface area contributed by atoms with Crippen LogP contribution in [0.2, 0.25) is 0 Å². The average molecular weight is 456 g/mol. The average Bonchev–Trinajstić information content (AvgIpc) is 3.10. The van der Waals surface area contributed by atoms with E-state index in [2.05, 4.69) is 46.3 Å². The van der Waals surface area contributed by atoms with Gasteiger partial charge in [0.05, 0.1) is 6.54 Å². The maximum Gasteiger partial charge on any atom is 0.319 e. The number of imidazole rings is 1. The van der Waals surface area contributed by atoms with Crippen LogP contribution in [-0.2, 0) is 6.54 Å². The molecule has 9 heteroatoms. The minimum atomic E-state index is -2.58. The van der Waals surface area contributed by atoms with Gasteiger partial charge in [-0.15, -0.1) is 24.0 Å². The molecule has 2 atom stereocenters. The Bertz CT molecular complexity index is 534. The SMILES string of the molecule is CN=C(NCc1nccn1C(F)F)NC1CN(C(C)C)CC1C.I. The van der Waals surface area contributed by atoms with Gasteiger partial charge in [0.2, 0.25) is 0 Å². The summed E-state index contributed by atoms with van der Waals surface area (Å²) in [4.78, 5) is 10.6. The van der Waals surface area contributed by atoms with E-state index in [1.807, 2.05) is 0 Å². The summed E-state index contributed by atoms with van der Waals surface area (Å²) in [7, 11) is 1.68. The number of aromatic nitrogens is 2. The van der Waals surface area contributed by atoms with Crippen LogP contribution in [0.4, 0.5) is 8.78 Å². The molecule has 1 fully saturated rings. The summed E-state index contributed by atoms with van der Waals surface area (Å²) >= 11 is 0. The topological polar surface area (TPSA) is 57.5 Å². The van der Waals surface area contributed by atoms with Crippen LogP contribution < -0.4 is 10.6 Å². The van der Waals surface area contributed by atoms with Crippen LogP contribution in [-0.4, -0.2) is 52.6 Å². The van der Waals surface area contributed by atoms with Gasteiger partial charge < -0.3 is 10.6 Å². The largest absolute Gasteiger partial charge is 0.352 e. The van der Waals surface area contributed by atoms with Gasteiger partial charge in [-0.05, 0) is 19.8 Å². The van der Waals surface area contributed by atoms with Gasteiger partial charge in [-0.25, -0.2) is 4.98 Å². The Kier molecular flexibility index (Phi) is 8.34. The Morgan fingerprint density at radius 1 is 1.42 bits per heavy atom. The van der Waals surface area contributed by atoms with Crippen LogP contribution in [0.15, 0.2) is 17.4 Å². The number of aliphatic imine (C=N–C) groups is 1. The van der Waals surface area contributed by atoms with E-state index in [1.54, 1.807) is 7.05 Å². The van der Waals surface area contributed by atoms with Crippen molar-refractivity contribution in [1.29, 1.82) is 0 Å². The number of alkyl halides is 2. The van der Waals surface area contributed by atoms with Crippen LogP contribution in [0, 0.1) is 5.92 Å². The molecule has 1 saturated heterocycles. The second-order valence-electron chi connectivity index (χ2n) is 6.23. The van der Waals surface area contributed by atoms with Gasteiger partial charge >= 0.3 is 6.55 Å². The van der Waals surface area contributed by atoms with Crippen molar-refractivity contribution in [3.8, 4) is 0 Å². The van der Waals surface area contributed by atoms with Crippen LogP contribution in [0.5, 0.6) is 0 Å². The van der Waals surface area contributed by atoms with Crippen molar-refractivity contribution in [2.75, 3.05) is 20.1 Å². The number of nitrogens with one attached hydrogen (secondary N) is 2. The Morgan fingerprint density at radius 3 is 2.67 bits per heavy atom. The fraction of sp³-hybridized carbons (Fsp3) is 0.733. The number of rotatable bonds is 5. The lowest BCUT2D eigenvalue weighted by atomic mass is 10.1. The number of hydrogen-bond acceptors (Lipinski definition) is 3. The predicted octanol–water partition coefficient (Wildman–Crippen LogP) is 2.29. The van der Waals surface area contributed by atoms with Crippen molar-refractivity contribution in [3.05, 3.63) is 18.2 Å². The third-order valence-corrected chi connectivity index (χ3v) is 4.29. The molecule has 1 aliphatic heterocycles. The summed E-state index contributed by atoms with van der Waals surface area (Å²) in [6.07, 6.45) is 2.65. The third kappa shape index (κ3) is 5.27. The Labute approximate surface area is 159 Å². The lowest BCUT2D eigenvalue weighted by molar-refractivity contribution is 0.0668. The lowest BCUT2D eigenvalue weighted by Crippen LogP contribution is -2.46. The molecule has 138 valence electrons. The van der Waals surface area contributed by atoms with Gasteiger partial charge in [0, 0.05) is 44.6 Å². The van der Waals surface area contributed by atoms with Crippen LogP contribution in [0.3, 0.4) is 0 Å². The van der Waals surface area contributed by atoms with E-state index >= 15 is 0 Å². The van der Waals surface area contributed by atoms with E-state index in [1.165, 1.54) is 12.4 Å². The van der Waals surface area contributed by atoms with Gasteiger partial charge in [-0.3, -0.25) is 14.5 Å². The second kappa shape index (κ2) is 9.50. The summed E-state index contributed by atoms with van der Waals surface area (Å²) in [5.74, 6) is 1.39. The standard InChI is InChI=1S/C15H26F2N6.HI/c1-10(2)22-8-11(3)12(9-22)21-15(18-4)20-7-13-19-5-6-23(13)14(16)17;/h5-6,10-12,14H,7-9H2,1-4H3,(H2,18,20,21);1H. The lowest BCUT2D eigenvalue weighted by Gasteiger charge is -2.22. The Balaban J connectivity index is 0.00000288. The molecule has 0 bridgehead atoms. The van der Waals surface area contributed by atoms with E-state index in [0.29, 0.717) is 24.0 Å². The van der Waals surface area contributed by atoms with Crippen LogP contribution in [0.25, 0.3) is 0 Å². The van der Waals surface area contributed by atoms with Gasteiger partial charge in [0.1, 0.15) is 5.82 Å². The first-order valence-electron chi connectivity index (χ1n) is 7.93. The highest BCUT2D eigenvalue weighted by molar-refractivity contribution is 14.0. The van der Waals surface area contributed by atoms with E-state index in [-0.39, 0.29) is 36.3 Å². The molecular formula is C15H27F2IN6. The van der Waals surface area contributed by atoms with Gasteiger partial charge in [0.15, 0.2) is 5.96 Å². The molecule has 6 nitrogen and oxygen atoms in total. The minimum absolute atomic E-state index is 0. The molecule has 2 unspecified atom stereocenters. The van der Waals surface area contributed by atoms with Crippen molar-refractivity contribution >= 4 is 29.9 Å². The Morgan fingerprint density at radius 2 is 2.12 bits per heavy atom. The Hall–Kier alpha value is -0.970. The summed E-state index contributed by atoms with van der Waals surface area (Å²) in [6.45, 7) is 6.19. The number of guanidine groups is 1. The number of likely N-dealkylation sites (tertiary alicyclic amines) is 1. The van der Waals surface area contributed by atoms with E-state index in [4.69, 9.17) is 0 Å². The minimum Gasteiger partial charge on any atom is -0.352 e. The molecule has 0 amide bonds. The van der Waals surface area contributed by atoms with E-state index in [9.17, 15) is 8.78 Å². The van der Waals surface area contributed by atoms with Crippen LogP contribution in [0.1, 0.15) is 33.1 Å². The molecule has 1 aromatic heterocycles. The van der Waals surface area contributed by atoms with Crippen molar-refractivity contribution < 1.29 is 8.78 Å². The first kappa shape index (κ1) is 21.1. The molecule has 1 aromatic rings. The quantitative estimate of drug-likeness (QED) is 0.406. The molecule has 2 heterocycles. The summed E-state index contributed by atoms with van der Waals surface area (Å²) in [5, 5.41) is 6.45. The maximum absolute atomic E-state index is 12.8. The molecule has 24 heavy (non-hydrogen) atoms. The molecule has 1 aliphatic rings. The van der Waals surface area contributed by atoms with Crippen LogP contribution >= 0.6 is 24.0 Å². The summed E-state index contributed by atoms with van der Waals surface area (Å²) < 4.78 is 26.5. The van der Waals surface area contributed by atoms with E-state index < -0.39 is 6.55 Å². The zero-order valence-corrected chi connectivity index (χ0v) is 16.9. The highest BCUT2D eigenvalue weighted by Crippen LogP contribution is 2.18. The van der Waals surface area contributed by atoms with Crippen molar-refractivity contribution in [2.45, 2.75) is 45.9 Å². The number of hydrogen-bond donors (Lipinski definition) is 2. The second-order valence-corrected chi connectivity index (χ2v) is 6.23. The molecule has 0 saturated carbocycles. The predicted molar refractivity (Wildman–Crippen MR) is 102 cm³/mol. The zero-order chi connectivity index (χ0) is 17.0. The monoisotopic (exact) mass is 456 g/mol. The molecule has 2 N–H and O–H groups in total. The number of halogens is 3. The normalized spacial score (nSPS) is 22.1. The zero-order valence-electron chi connectivity index (χ0n) is 14.5. The van der Waals surface area contributed by atoms with Crippen molar-refractivity contribution in [3.63, 3.8) is 0 Å². The summed E-state index contributed by atoms with van der Waals surface area (Å²) in [5.41, 5.74) is 0. The third-order valence-electron chi connectivity index (χ3n) is 4.29. The van der Waals surface area contributed by atoms with Gasteiger partial charge in [-0.1, -0.05) is 6.92 Å². The molecule has 0 aromatic carbocycles. The van der Waals surface area contributed by atoms with Gasteiger partial charge in [-0.2, -0.15) is 8.78 Å². The fourth-order valence-corrected chi connectivity index (χ4v) is 2.81. The van der Waals surface area contributed by atoms with Crippen molar-refractivity contribution in [2.24, 2.45) is 10.9 Å². The maximum atomic E-state index is 12.8. The molecule has 0 spiro atoms. The van der Waals surface area contributed by atoms with Gasteiger partial charge in [0.25, 0.3) is 0 Å². The first-order chi connectivity index (χ1) is 10.9. The smallest absolute Gasteiger partial charge is 0.319 e. The molecule has 2 rings (SSSR count). The highest BCUT2D eigenvalue weighted by atomic mass is 127. The molecular weight excluding hydrogens is 429 g/mol. The first-order valence-corrected chi connectivity index (χ1v) is 7.93. The fourth-order valence-electron chi connectivity index (χ4n) is 2.81. The highest BCUT2D eigenvalue weighted by Gasteiger charge is 2.31.